The summed E-state index contributed by atoms with van der Waals surface area (Å²) in [5.74, 6) is 0. The minimum Gasteiger partial charge on any atom is -0.330 e. The average molecular weight is 179 g/mol. The van der Waals surface area contributed by atoms with E-state index in [0.29, 0.717) is 0 Å². The van der Waals surface area contributed by atoms with E-state index in [1.807, 2.05) is 12.3 Å². The lowest BCUT2D eigenvalue weighted by atomic mass is 9.93. The molecule has 2 rings (SSSR count). The van der Waals surface area contributed by atoms with E-state index in [2.05, 4.69) is 16.0 Å². The molecule has 0 aromatic carbocycles. The molecule has 0 bridgehead atoms. The maximum atomic E-state index is 5.66. The second-order valence-corrected chi connectivity index (χ2v) is 3.92. The maximum absolute atomic E-state index is 5.66. The zero-order valence-electron chi connectivity index (χ0n) is 7.95. The molecule has 1 aromatic heterocycles. The summed E-state index contributed by atoms with van der Waals surface area (Å²) in [5, 5.41) is 4.35. The first-order chi connectivity index (χ1) is 6.37. The first-order valence-corrected chi connectivity index (χ1v) is 5.08. The molecule has 1 fully saturated rings. The molecule has 13 heavy (non-hydrogen) atoms. The first kappa shape index (κ1) is 8.75. The van der Waals surface area contributed by atoms with E-state index < -0.39 is 0 Å². The summed E-state index contributed by atoms with van der Waals surface area (Å²) in [6, 6.07) is 2.00. The van der Waals surface area contributed by atoms with Gasteiger partial charge in [0.25, 0.3) is 0 Å². The van der Waals surface area contributed by atoms with E-state index in [4.69, 9.17) is 5.73 Å². The number of nitrogens with two attached hydrogens (primary N) is 1. The van der Waals surface area contributed by atoms with Crippen LogP contribution < -0.4 is 5.73 Å². The second-order valence-electron chi connectivity index (χ2n) is 3.92. The molecule has 0 radical (unpaired) electrons. The third-order valence-corrected chi connectivity index (χ3v) is 3.13. The molecule has 2 N–H and O–H groups in total. The zero-order valence-corrected chi connectivity index (χ0v) is 7.95. The SMILES string of the molecule is NCCC1(n2cccn2)CCCC1. The van der Waals surface area contributed by atoms with Crippen LogP contribution >= 0.6 is 0 Å². The van der Waals surface area contributed by atoms with Crippen LogP contribution in [0.4, 0.5) is 0 Å². The summed E-state index contributed by atoms with van der Waals surface area (Å²) in [7, 11) is 0. The smallest absolute Gasteiger partial charge is 0.0639 e. The van der Waals surface area contributed by atoms with Gasteiger partial charge in [-0.1, -0.05) is 12.8 Å². The Morgan fingerprint density at radius 2 is 2.15 bits per heavy atom. The van der Waals surface area contributed by atoms with E-state index >= 15 is 0 Å². The molecule has 0 unspecified atom stereocenters. The molecule has 0 atom stereocenters. The van der Waals surface area contributed by atoms with Crippen molar-refractivity contribution in [2.24, 2.45) is 5.73 Å². The lowest BCUT2D eigenvalue weighted by Gasteiger charge is -2.29. The molecular formula is C10H17N3. The van der Waals surface area contributed by atoms with Gasteiger partial charge < -0.3 is 5.73 Å². The van der Waals surface area contributed by atoms with Crippen molar-refractivity contribution in [3.05, 3.63) is 18.5 Å². The summed E-state index contributed by atoms with van der Waals surface area (Å²) >= 11 is 0. The molecule has 72 valence electrons. The van der Waals surface area contributed by atoms with E-state index in [1.54, 1.807) is 0 Å². The largest absolute Gasteiger partial charge is 0.330 e. The second kappa shape index (κ2) is 3.50. The fraction of sp³-hybridized carbons (Fsp3) is 0.700. The van der Waals surface area contributed by atoms with Crippen LogP contribution in [0.5, 0.6) is 0 Å². The molecule has 3 heteroatoms. The quantitative estimate of drug-likeness (QED) is 0.764. The predicted octanol–water partition coefficient (Wildman–Crippen LogP) is 1.50. The maximum Gasteiger partial charge on any atom is 0.0639 e. The average Bonchev–Trinajstić information content (AvgIpc) is 2.73. The van der Waals surface area contributed by atoms with Crippen LogP contribution in [0.2, 0.25) is 0 Å². The molecule has 3 nitrogen and oxygen atoms in total. The van der Waals surface area contributed by atoms with Crippen molar-refractivity contribution in [3.8, 4) is 0 Å². The van der Waals surface area contributed by atoms with Crippen LogP contribution in [-0.4, -0.2) is 16.3 Å². The van der Waals surface area contributed by atoms with Gasteiger partial charge in [0.2, 0.25) is 0 Å². The van der Waals surface area contributed by atoms with E-state index in [1.165, 1.54) is 25.7 Å². The standard InChI is InChI=1S/C10H17N3/c11-7-6-10(4-1-2-5-10)13-9-3-8-12-13/h3,8-9H,1-2,4-7,11H2. The molecule has 1 aromatic rings. The third-order valence-electron chi connectivity index (χ3n) is 3.13. The van der Waals surface area contributed by atoms with Gasteiger partial charge in [0.1, 0.15) is 0 Å². The highest BCUT2D eigenvalue weighted by Gasteiger charge is 2.34. The number of nitrogens with zero attached hydrogens (tertiary/aromatic N) is 2. The molecule has 0 amide bonds. The number of rotatable bonds is 3. The highest BCUT2D eigenvalue weighted by molar-refractivity contribution is 4.94. The highest BCUT2D eigenvalue weighted by Crippen LogP contribution is 2.38. The van der Waals surface area contributed by atoms with Gasteiger partial charge in [0, 0.05) is 12.4 Å². The van der Waals surface area contributed by atoms with Crippen LogP contribution in [0.3, 0.4) is 0 Å². The summed E-state index contributed by atoms with van der Waals surface area (Å²) in [6.07, 6.45) is 10.1. The Morgan fingerprint density at radius 1 is 1.38 bits per heavy atom. The highest BCUT2D eigenvalue weighted by atomic mass is 15.3. The van der Waals surface area contributed by atoms with Crippen molar-refractivity contribution in [1.29, 1.82) is 0 Å². The summed E-state index contributed by atoms with van der Waals surface area (Å²) in [6.45, 7) is 0.764. The summed E-state index contributed by atoms with van der Waals surface area (Å²) < 4.78 is 2.12. The Hall–Kier alpha value is -0.830. The number of hydrogen-bond acceptors (Lipinski definition) is 2. The van der Waals surface area contributed by atoms with Gasteiger partial charge in [0.05, 0.1) is 5.54 Å². The normalized spacial score (nSPS) is 20.7. The monoisotopic (exact) mass is 179 g/mol. The van der Waals surface area contributed by atoms with Crippen LogP contribution in [0.15, 0.2) is 18.5 Å². The molecule has 1 heterocycles. The van der Waals surface area contributed by atoms with E-state index in [0.717, 1.165) is 13.0 Å². The molecule has 0 saturated heterocycles. The minimum absolute atomic E-state index is 0.248. The fourth-order valence-electron chi connectivity index (χ4n) is 2.44. The Kier molecular flexibility index (Phi) is 2.36. The third kappa shape index (κ3) is 1.48. The Balaban J connectivity index is 2.22. The van der Waals surface area contributed by atoms with E-state index in [9.17, 15) is 0 Å². The van der Waals surface area contributed by atoms with Crippen molar-refractivity contribution in [2.75, 3.05) is 6.54 Å². The van der Waals surface area contributed by atoms with Crippen LogP contribution in [0.1, 0.15) is 32.1 Å². The van der Waals surface area contributed by atoms with E-state index in [-0.39, 0.29) is 5.54 Å². The fourth-order valence-corrected chi connectivity index (χ4v) is 2.44. The van der Waals surface area contributed by atoms with Crippen molar-refractivity contribution in [3.63, 3.8) is 0 Å². The van der Waals surface area contributed by atoms with Crippen molar-refractivity contribution >= 4 is 0 Å². The van der Waals surface area contributed by atoms with Crippen LogP contribution in [-0.2, 0) is 5.54 Å². The topological polar surface area (TPSA) is 43.8 Å². The van der Waals surface area contributed by atoms with Crippen LogP contribution in [0, 0.1) is 0 Å². The lowest BCUT2D eigenvalue weighted by Crippen LogP contribution is -2.33. The molecule has 0 spiro atoms. The Bertz CT molecular complexity index is 247. The van der Waals surface area contributed by atoms with Gasteiger partial charge in [-0.05, 0) is 31.9 Å². The Labute approximate surface area is 78.9 Å². The summed E-state index contributed by atoms with van der Waals surface area (Å²) in [4.78, 5) is 0. The predicted molar refractivity (Wildman–Crippen MR) is 52.3 cm³/mol. The van der Waals surface area contributed by atoms with Crippen molar-refractivity contribution in [2.45, 2.75) is 37.6 Å². The molecule has 1 aliphatic carbocycles. The van der Waals surface area contributed by atoms with Crippen molar-refractivity contribution in [1.82, 2.24) is 9.78 Å². The van der Waals surface area contributed by atoms with Gasteiger partial charge in [-0.2, -0.15) is 5.10 Å². The van der Waals surface area contributed by atoms with Gasteiger partial charge in [-0.3, -0.25) is 4.68 Å². The van der Waals surface area contributed by atoms with Gasteiger partial charge in [-0.15, -0.1) is 0 Å². The van der Waals surface area contributed by atoms with Gasteiger partial charge in [0.15, 0.2) is 0 Å². The molecule has 1 aliphatic rings. The number of hydrogen-bond donors (Lipinski definition) is 1. The lowest BCUT2D eigenvalue weighted by molar-refractivity contribution is 0.246. The zero-order chi connectivity index (χ0) is 9.15. The summed E-state index contributed by atoms with van der Waals surface area (Å²) in [5.41, 5.74) is 5.91. The number of aromatic nitrogens is 2. The molecule has 1 saturated carbocycles. The van der Waals surface area contributed by atoms with Crippen LogP contribution in [0.25, 0.3) is 0 Å². The molecular weight excluding hydrogens is 162 g/mol. The Morgan fingerprint density at radius 3 is 2.69 bits per heavy atom. The van der Waals surface area contributed by atoms with Gasteiger partial charge in [-0.25, -0.2) is 0 Å². The minimum atomic E-state index is 0.248. The van der Waals surface area contributed by atoms with Gasteiger partial charge >= 0.3 is 0 Å². The molecule has 0 aliphatic heterocycles. The first-order valence-electron chi connectivity index (χ1n) is 5.08. The van der Waals surface area contributed by atoms with Crippen molar-refractivity contribution < 1.29 is 0 Å².